The molecule has 1 fully saturated rings. The molecule has 0 radical (unpaired) electrons. The number of aliphatic hydroxyl groups excluding tert-OH is 1. The molecule has 96 valence electrons. The van der Waals surface area contributed by atoms with E-state index in [1.165, 1.54) is 10.9 Å². The molecular formula is C10H12FN5O2. The fourth-order valence-corrected chi connectivity index (χ4v) is 2.32. The van der Waals surface area contributed by atoms with Crippen molar-refractivity contribution in [2.45, 2.75) is 18.6 Å². The summed E-state index contributed by atoms with van der Waals surface area (Å²) in [7, 11) is 0. The molecule has 0 amide bonds. The highest BCUT2D eigenvalue weighted by Gasteiger charge is 2.43. The Morgan fingerprint density at radius 1 is 1.67 bits per heavy atom. The van der Waals surface area contributed by atoms with E-state index in [4.69, 9.17) is 10.8 Å². The second-order valence-corrected chi connectivity index (χ2v) is 4.47. The van der Waals surface area contributed by atoms with Crippen LogP contribution < -0.4 is 11.3 Å². The van der Waals surface area contributed by atoms with Gasteiger partial charge in [-0.3, -0.25) is 9.78 Å². The molecule has 0 spiro atoms. The summed E-state index contributed by atoms with van der Waals surface area (Å²) < 4.78 is 15.3. The van der Waals surface area contributed by atoms with Crippen molar-refractivity contribution in [3.63, 3.8) is 0 Å². The van der Waals surface area contributed by atoms with Crippen LogP contribution in [0.1, 0.15) is 12.5 Å². The van der Waals surface area contributed by atoms with Gasteiger partial charge in [0.15, 0.2) is 11.2 Å². The van der Waals surface area contributed by atoms with E-state index in [0.717, 1.165) is 0 Å². The lowest BCUT2D eigenvalue weighted by Crippen LogP contribution is -2.42. The Morgan fingerprint density at radius 2 is 2.44 bits per heavy atom. The zero-order valence-electron chi connectivity index (χ0n) is 9.38. The number of nitrogens with two attached hydrogens (primary N) is 1. The fraction of sp³-hybridized carbons (Fsp3) is 0.500. The van der Waals surface area contributed by atoms with Gasteiger partial charge in [0.25, 0.3) is 5.56 Å². The van der Waals surface area contributed by atoms with Gasteiger partial charge in [0, 0.05) is 12.5 Å². The summed E-state index contributed by atoms with van der Waals surface area (Å²) in [4.78, 5) is 21.8. The number of nitrogen functional groups attached to an aromatic ring is 1. The summed E-state index contributed by atoms with van der Waals surface area (Å²) in [6.45, 7) is -0.180. The number of fused-ring (bicyclic) bond motifs is 1. The van der Waals surface area contributed by atoms with Crippen molar-refractivity contribution < 1.29 is 9.50 Å². The first-order chi connectivity index (χ1) is 8.61. The lowest BCUT2D eigenvalue weighted by Gasteiger charge is -2.39. The van der Waals surface area contributed by atoms with Crippen LogP contribution in [-0.2, 0) is 0 Å². The van der Waals surface area contributed by atoms with Crippen LogP contribution in [0, 0.1) is 5.92 Å². The molecular weight excluding hydrogens is 241 g/mol. The van der Waals surface area contributed by atoms with E-state index in [9.17, 15) is 9.18 Å². The van der Waals surface area contributed by atoms with Gasteiger partial charge in [0.05, 0.1) is 12.4 Å². The van der Waals surface area contributed by atoms with Gasteiger partial charge in [-0.05, 0) is 6.42 Å². The van der Waals surface area contributed by atoms with Gasteiger partial charge in [-0.25, -0.2) is 9.37 Å². The Morgan fingerprint density at radius 3 is 3.11 bits per heavy atom. The average Bonchev–Trinajstić information content (AvgIpc) is 2.72. The third-order valence-electron chi connectivity index (χ3n) is 3.40. The number of aromatic amines is 1. The van der Waals surface area contributed by atoms with Crippen LogP contribution in [0.3, 0.4) is 0 Å². The lowest BCUT2D eigenvalue weighted by molar-refractivity contribution is 0.00326. The number of aliphatic hydroxyl groups is 1. The number of imidazole rings is 1. The average molecular weight is 253 g/mol. The quantitative estimate of drug-likeness (QED) is 0.674. The van der Waals surface area contributed by atoms with Crippen molar-refractivity contribution in [2.75, 3.05) is 12.3 Å². The molecule has 4 N–H and O–H groups in total. The first-order valence-corrected chi connectivity index (χ1v) is 5.59. The number of halogens is 1. The number of hydrogen-bond acceptors (Lipinski definition) is 5. The molecule has 2 heterocycles. The van der Waals surface area contributed by atoms with E-state index in [1.807, 2.05) is 0 Å². The van der Waals surface area contributed by atoms with Crippen LogP contribution in [0.25, 0.3) is 11.2 Å². The normalized spacial score (nSPS) is 27.3. The second-order valence-electron chi connectivity index (χ2n) is 4.47. The number of aromatic nitrogens is 4. The van der Waals surface area contributed by atoms with Crippen LogP contribution in [0.2, 0.25) is 0 Å². The van der Waals surface area contributed by atoms with Crippen molar-refractivity contribution in [1.29, 1.82) is 0 Å². The van der Waals surface area contributed by atoms with Gasteiger partial charge >= 0.3 is 0 Å². The molecule has 2 aromatic rings. The number of nitrogens with zero attached hydrogens (tertiary/aromatic N) is 3. The molecule has 7 nitrogen and oxygen atoms in total. The van der Waals surface area contributed by atoms with Crippen LogP contribution in [0.4, 0.5) is 10.3 Å². The Hall–Kier alpha value is -1.96. The fourth-order valence-electron chi connectivity index (χ4n) is 2.32. The Kier molecular flexibility index (Phi) is 2.34. The first kappa shape index (κ1) is 11.1. The zero-order chi connectivity index (χ0) is 12.9. The molecule has 0 saturated heterocycles. The number of anilines is 1. The summed E-state index contributed by atoms with van der Waals surface area (Å²) in [5.74, 6) is -0.380. The zero-order valence-corrected chi connectivity index (χ0v) is 9.38. The van der Waals surface area contributed by atoms with Gasteiger partial charge in [-0.2, -0.15) is 4.98 Å². The molecule has 0 aliphatic heterocycles. The van der Waals surface area contributed by atoms with E-state index >= 15 is 0 Å². The summed E-state index contributed by atoms with van der Waals surface area (Å²) in [5, 5.41) is 8.92. The van der Waals surface area contributed by atoms with E-state index in [2.05, 4.69) is 15.0 Å². The molecule has 0 bridgehead atoms. The maximum absolute atomic E-state index is 13.8. The minimum absolute atomic E-state index is 0.0253. The Bertz CT molecular complexity index is 651. The van der Waals surface area contributed by atoms with Crippen molar-refractivity contribution in [1.82, 2.24) is 19.5 Å². The van der Waals surface area contributed by atoms with Crippen molar-refractivity contribution >= 4 is 17.1 Å². The van der Waals surface area contributed by atoms with Gasteiger partial charge in [-0.1, -0.05) is 0 Å². The molecule has 0 unspecified atom stereocenters. The number of hydrogen-bond donors (Lipinski definition) is 3. The maximum Gasteiger partial charge on any atom is 0.280 e. The highest BCUT2D eigenvalue weighted by atomic mass is 19.1. The summed E-state index contributed by atoms with van der Waals surface area (Å²) >= 11 is 0. The largest absolute Gasteiger partial charge is 0.396 e. The minimum Gasteiger partial charge on any atom is -0.396 e. The summed E-state index contributed by atoms with van der Waals surface area (Å²) in [6.07, 6.45) is 0.726. The molecule has 18 heavy (non-hydrogen) atoms. The standard InChI is InChI=1S/C10H12FN5O2/c11-6-4(2-17)1-5(6)16-3-13-7-8(16)14-10(12)15-9(7)18/h3-6,17H,1-2H2,(H3,12,14,15,18)/t4-,5+,6-/m1/s1. The molecule has 2 aromatic heterocycles. The van der Waals surface area contributed by atoms with E-state index in [0.29, 0.717) is 6.42 Å². The monoisotopic (exact) mass is 253 g/mol. The molecule has 3 rings (SSSR count). The second kappa shape index (κ2) is 3.77. The molecule has 1 saturated carbocycles. The van der Waals surface area contributed by atoms with Crippen LogP contribution >= 0.6 is 0 Å². The van der Waals surface area contributed by atoms with E-state index < -0.39 is 17.8 Å². The SMILES string of the molecule is Nc1nc2c(ncn2[C@H]2C[C@H](CO)[C@H]2F)c(=O)[nH]1. The molecule has 3 atom stereocenters. The van der Waals surface area contributed by atoms with Crippen LogP contribution in [0.15, 0.2) is 11.1 Å². The molecule has 0 aromatic carbocycles. The predicted molar refractivity (Wildman–Crippen MR) is 61.7 cm³/mol. The van der Waals surface area contributed by atoms with Gasteiger partial charge in [-0.15, -0.1) is 0 Å². The maximum atomic E-state index is 13.8. The minimum atomic E-state index is -1.16. The van der Waals surface area contributed by atoms with Crippen molar-refractivity contribution in [3.8, 4) is 0 Å². The predicted octanol–water partition coefficient (Wildman–Crippen LogP) is -0.407. The van der Waals surface area contributed by atoms with E-state index in [1.54, 1.807) is 0 Å². The smallest absolute Gasteiger partial charge is 0.280 e. The van der Waals surface area contributed by atoms with E-state index in [-0.39, 0.29) is 29.6 Å². The third-order valence-corrected chi connectivity index (χ3v) is 3.40. The molecule has 1 aliphatic rings. The Balaban J connectivity index is 2.06. The highest BCUT2D eigenvalue weighted by molar-refractivity contribution is 5.70. The van der Waals surface area contributed by atoms with Crippen molar-refractivity contribution in [3.05, 3.63) is 16.7 Å². The number of nitrogens with one attached hydrogen (secondary N) is 1. The first-order valence-electron chi connectivity index (χ1n) is 5.59. The number of H-pyrrole nitrogens is 1. The van der Waals surface area contributed by atoms with Gasteiger partial charge in [0.1, 0.15) is 6.17 Å². The lowest BCUT2D eigenvalue weighted by atomic mass is 9.78. The van der Waals surface area contributed by atoms with Gasteiger partial charge < -0.3 is 15.4 Å². The topological polar surface area (TPSA) is 110 Å². The van der Waals surface area contributed by atoms with Gasteiger partial charge in [0.2, 0.25) is 5.95 Å². The summed E-state index contributed by atoms with van der Waals surface area (Å²) in [5.41, 5.74) is 5.44. The summed E-state index contributed by atoms with van der Waals surface area (Å²) in [6, 6.07) is -0.444. The van der Waals surface area contributed by atoms with Crippen molar-refractivity contribution in [2.24, 2.45) is 5.92 Å². The highest BCUT2D eigenvalue weighted by Crippen LogP contribution is 2.41. The number of alkyl halides is 1. The number of rotatable bonds is 2. The van der Waals surface area contributed by atoms with Crippen LogP contribution in [-0.4, -0.2) is 37.4 Å². The third kappa shape index (κ3) is 1.42. The molecule has 8 heteroatoms. The molecule has 1 aliphatic carbocycles. The van der Waals surface area contributed by atoms with Crippen LogP contribution in [0.5, 0.6) is 0 Å². The Labute approximate surface area is 100 Å².